The largest absolute Gasteiger partial charge is 0.464 e. The summed E-state index contributed by atoms with van der Waals surface area (Å²) in [5.74, 6) is -0.443. The molecule has 1 amide bonds. The zero-order valence-electron chi connectivity index (χ0n) is 30.7. The van der Waals surface area contributed by atoms with Crippen molar-refractivity contribution in [3.05, 3.63) is 76.4 Å². The summed E-state index contributed by atoms with van der Waals surface area (Å²) in [4.78, 5) is 36.4. The maximum Gasteiger partial charge on any atom is 0.410 e. The summed E-state index contributed by atoms with van der Waals surface area (Å²) >= 11 is 7.91. The number of halogens is 1. The topological polar surface area (TPSA) is 99.0 Å². The molecule has 5 aromatic rings. The maximum absolute atomic E-state index is 13.6. The van der Waals surface area contributed by atoms with Crippen LogP contribution in [-0.4, -0.2) is 69.2 Å². The number of fused-ring (bicyclic) bond motifs is 2. The van der Waals surface area contributed by atoms with E-state index in [0.717, 1.165) is 54.1 Å². The van der Waals surface area contributed by atoms with Gasteiger partial charge < -0.3 is 19.1 Å². The SMILES string of the molecule is CCOC(=O)[C@@H](OC(C)(C)C)c1c(C)cc2nc(N3CCN(C(=O)OC(C)(C)C)C(c4ccc5c(cnn5C)c4)C3)sc2c1-c1ccc(Cl)cc1. The number of aryl methyl sites for hydroxylation is 2. The molecule has 1 fully saturated rings. The molecular formula is C39H46ClN5O5S. The number of esters is 1. The Morgan fingerprint density at radius 3 is 2.41 bits per heavy atom. The summed E-state index contributed by atoms with van der Waals surface area (Å²) in [5, 5.41) is 6.85. The van der Waals surface area contributed by atoms with Gasteiger partial charge in [-0.1, -0.05) is 41.1 Å². The molecule has 2 aromatic heterocycles. The third kappa shape index (κ3) is 7.85. The van der Waals surface area contributed by atoms with Crippen LogP contribution in [0.4, 0.5) is 9.93 Å². The van der Waals surface area contributed by atoms with Gasteiger partial charge in [0.25, 0.3) is 0 Å². The first-order valence-electron chi connectivity index (χ1n) is 17.2. The van der Waals surface area contributed by atoms with Crippen molar-refractivity contribution in [1.82, 2.24) is 19.7 Å². The van der Waals surface area contributed by atoms with E-state index in [0.29, 0.717) is 24.7 Å². The minimum atomic E-state index is -0.963. The van der Waals surface area contributed by atoms with Crippen LogP contribution in [0, 0.1) is 6.92 Å². The first-order valence-corrected chi connectivity index (χ1v) is 18.4. The second-order valence-corrected chi connectivity index (χ2v) is 16.3. The highest BCUT2D eigenvalue weighted by Gasteiger charge is 2.37. The van der Waals surface area contributed by atoms with Gasteiger partial charge >= 0.3 is 12.1 Å². The number of benzene rings is 3. The number of nitrogens with zero attached hydrogens (tertiary/aromatic N) is 5. The van der Waals surface area contributed by atoms with Crippen LogP contribution in [0.5, 0.6) is 0 Å². The van der Waals surface area contributed by atoms with E-state index in [1.807, 2.05) is 108 Å². The molecule has 10 nitrogen and oxygen atoms in total. The van der Waals surface area contributed by atoms with Gasteiger partial charge in [0, 0.05) is 48.2 Å². The number of hydrogen-bond donors (Lipinski definition) is 0. The van der Waals surface area contributed by atoms with E-state index in [4.69, 9.17) is 30.8 Å². The van der Waals surface area contributed by atoms with Crippen molar-refractivity contribution >= 4 is 61.3 Å². The second kappa shape index (κ2) is 14.1. The van der Waals surface area contributed by atoms with Crippen LogP contribution in [0.15, 0.2) is 54.7 Å². The van der Waals surface area contributed by atoms with Gasteiger partial charge in [-0.3, -0.25) is 9.58 Å². The molecule has 1 aliphatic rings. The monoisotopic (exact) mass is 731 g/mol. The fraction of sp³-hybridized carbons (Fsp3) is 0.436. The molecule has 1 saturated heterocycles. The normalized spacial score (nSPS) is 16.2. The lowest BCUT2D eigenvalue weighted by molar-refractivity contribution is -0.166. The van der Waals surface area contributed by atoms with Gasteiger partial charge in [-0.15, -0.1) is 0 Å². The second-order valence-electron chi connectivity index (χ2n) is 14.9. The number of amides is 1. The smallest absolute Gasteiger partial charge is 0.410 e. The zero-order valence-corrected chi connectivity index (χ0v) is 32.3. The molecule has 6 rings (SSSR count). The fourth-order valence-corrected chi connectivity index (χ4v) is 7.83. The summed E-state index contributed by atoms with van der Waals surface area (Å²) in [6.45, 7) is 17.0. The van der Waals surface area contributed by atoms with E-state index in [9.17, 15) is 9.59 Å². The Kier molecular flexibility index (Phi) is 10.1. The molecule has 1 unspecified atom stereocenters. The molecular weight excluding hydrogens is 686 g/mol. The van der Waals surface area contributed by atoms with Crippen LogP contribution in [0.2, 0.25) is 5.02 Å². The third-order valence-corrected chi connectivity index (χ3v) is 10.1. The van der Waals surface area contributed by atoms with Gasteiger partial charge in [-0.25, -0.2) is 14.6 Å². The van der Waals surface area contributed by atoms with Crippen molar-refractivity contribution in [3.63, 3.8) is 0 Å². The van der Waals surface area contributed by atoms with Crippen LogP contribution in [0.1, 0.15) is 77.3 Å². The number of carbonyl (C=O) groups is 2. The summed E-state index contributed by atoms with van der Waals surface area (Å²) in [5.41, 5.74) is 4.91. The van der Waals surface area contributed by atoms with E-state index in [2.05, 4.69) is 22.1 Å². The third-order valence-electron chi connectivity index (χ3n) is 8.72. The molecule has 0 N–H and O–H groups in total. The Bertz CT molecular complexity index is 2080. The van der Waals surface area contributed by atoms with Gasteiger partial charge in [0.15, 0.2) is 11.2 Å². The van der Waals surface area contributed by atoms with Crippen molar-refractivity contribution in [3.8, 4) is 11.1 Å². The van der Waals surface area contributed by atoms with Gasteiger partial charge in [0.1, 0.15) is 5.60 Å². The highest BCUT2D eigenvalue weighted by atomic mass is 35.5. The fourth-order valence-electron chi connectivity index (χ4n) is 6.54. The number of piperazine rings is 1. The van der Waals surface area contributed by atoms with Crippen LogP contribution >= 0.6 is 22.9 Å². The molecule has 1 aliphatic heterocycles. The molecule has 0 radical (unpaired) electrons. The molecule has 3 heterocycles. The number of thiazole rings is 1. The van der Waals surface area contributed by atoms with E-state index in [1.54, 1.807) is 18.3 Å². The molecule has 0 spiro atoms. The first kappa shape index (κ1) is 36.6. The first-order chi connectivity index (χ1) is 24.0. The van der Waals surface area contributed by atoms with E-state index < -0.39 is 23.3 Å². The molecule has 0 aliphatic carbocycles. The average Bonchev–Trinajstić information content (AvgIpc) is 3.65. The number of anilines is 1. The van der Waals surface area contributed by atoms with Crippen molar-refractivity contribution in [1.29, 1.82) is 0 Å². The molecule has 51 heavy (non-hydrogen) atoms. The molecule has 2 atom stereocenters. The summed E-state index contributed by atoms with van der Waals surface area (Å²) in [7, 11) is 1.92. The quantitative estimate of drug-likeness (QED) is 0.153. The Labute approximate surface area is 308 Å². The molecule has 270 valence electrons. The Balaban J connectivity index is 1.47. The van der Waals surface area contributed by atoms with Gasteiger partial charge in [-0.2, -0.15) is 5.10 Å². The summed E-state index contributed by atoms with van der Waals surface area (Å²) < 4.78 is 20.7. The minimum Gasteiger partial charge on any atom is -0.464 e. The van der Waals surface area contributed by atoms with Gasteiger partial charge in [0.2, 0.25) is 0 Å². The van der Waals surface area contributed by atoms with Crippen molar-refractivity contribution < 1.29 is 23.8 Å². The number of rotatable bonds is 7. The average molecular weight is 732 g/mol. The zero-order chi connectivity index (χ0) is 36.8. The Hall–Kier alpha value is -4.19. The summed E-state index contributed by atoms with van der Waals surface area (Å²) in [6.07, 6.45) is 0.530. The maximum atomic E-state index is 13.6. The van der Waals surface area contributed by atoms with Gasteiger partial charge in [0.05, 0.1) is 40.2 Å². The standard InChI is InChI=1S/C39H46ClN5O5S/c1-10-48-35(46)33(49-38(3,4)5)31-23(2)19-28-34(32(31)24-11-14-27(40)15-12-24)51-36(42-28)44-17-18-45(37(47)50-39(6,7)8)30(22-44)25-13-16-29-26(20-25)21-41-43(29)9/h11-16,19-21,30,33H,10,17-18,22H2,1-9H3/t30?,33-/m0/s1. The minimum absolute atomic E-state index is 0.231. The Morgan fingerprint density at radius 1 is 1.02 bits per heavy atom. The van der Waals surface area contributed by atoms with Crippen molar-refractivity contribution in [2.75, 3.05) is 31.1 Å². The molecule has 3 aromatic carbocycles. The van der Waals surface area contributed by atoms with E-state index in [-0.39, 0.29) is 18.7 Å². The lowest BCUT2D eigenvalue weighted by atomic mass is 9.91. The van der Waals surface area contributed by atoms with Gasteiger partial charge in [-0.05, 0) is 102 Å². The van der Waals surface area contributed by atoms with E-state index in [1.165, 1.54) is 0 Å². The van der Waals surface area contributed by atoms with Crippen LogP contribution < -0.4 is 4.90 Å². The molecule has 0 bridgehead atoms. The lowest BCUT2D eigenvalue weighted by Gasteiger charge is -2.41. The number of ether oxygens (including phenoxy) is 3. The van der Waals surface area contributed by atoms with Crippen molar-refractivity contribution in [2.24, 2.45) is 7.05 Å². The van der Waals surface area contributed by atoms with Crippen LogP contribution in [-0.2, 0) is 26.1 Å². The predicted octanol–water partition coefficient (Wildman–Crippen LogP) is 9.03. The molecule has 12 heteroatoms. The number of carbonyl (C=O) groups excluding carboxylic acids is 2. The Morgan fingerprint density at radius 2 is 1.75 bits per heavy atom. The highest BCUT2D eigenvalue weighted by molar-refractivity contribution is 7.22. The molecule has 0 saturated carbocycles. The van der Waals surface area contributed by atoms with Crippen LogP contribution in [0.3, 0.4) is 0 Å². The highest BCUT2D eigenvalue weighted by Crippen LogP contribution is 2.45. The van der Waals surface area contributed by atoms with Crippen molar-refractivity contribution in [2.45, 2.75) is 78.7 Å². The predicted molar refractivity (Wildman–Crippen MR) is 204 cm³/mol. The number of aromatic nitrogens is 3. The lowest BCUT2D eigenvalue weighted by Crippen LogP contribution is -2.52. The number of hydrogen-bond acceptors (Lipinski definition) is 9. The summed E-state index contributed by atoms with van der Waals surface area (Å²) in [6, 6.07) is 15.5. The van der Waals surface area contributed by atoms with Crippen LogP contribution in [0.25, 0.3) is 32.2 Å². The van der Waals surface area contributed by atoms with E-state index >= 15 is 0 Å².